The molecule has 112 valence electrons. The van der Waals surface area contributed by atoms with E-state index in [0.29, 0.717) is 6.73 Å². The summed E-state index contributed by atoms with van der Waals surface area (Å²) in [6.45, 7) is 6.07. The van der Waals surface area contributed by atoms with Crippen LogP contribution in [0.15, 0.2) is 0 Å². The van der Waals surface area contributed by atoms with Gasteiger partial charge in [-0.3, -0.25) is 4.79 Å². The molecule has 0 aromatic heterocycles. The minimum absolute atomic E-state index is 0.139. The Morgan fingerprint density at radius 1 is 1.05 bits per heavy atom. The van der Waals surface area contributed by atoms with Gasteiger partial charge in [0.15, 0.2) is 0 Å². The van der Waals surface area contributed by atoms with Gasteiger partial charge in [0.25, 0.3) is 0 Å². The molecule has 0 bridgehead atoms. The molecule has 4 nitrogen and oxygen atoms in total. The molecule has 1 aliphatic heterocycles. The van der Waals surface area contributed by atoms with Crippen LogP contribution >= 0.6 is 0 Å². The Bertz CT molecular complexity index is 234. The predicted octanol–water partition coefficient (Wildman–Crippen LogP) is 2.53. The van der Waals surface area contributed by atoms with Crippen LogP contribution in [0.4, 0.5) is 0 Å². The van der Waals surface area contributed by atoms with E-state index in [9.17, 15) is 4.79 Å². The van der Waals surface area contributed by atoms with Gasteiger partial charge in [-0.2, -0.15) is 0 Å². The maximum absolute atomic E-state index is 11.3. The van der Waals surface area contributed by atoms with Gasteiger partial charge in [-0.05, 0) is 32.4 Å². The van der Waals surface area contributed by atoms with E-state index in [-0.39, 0.29) is 12.5 Å². The van der Waals surface area contributed by atoms with E-state index in [4.69, 9.17) is 4.74 Å². The van der Waals surface area contributed by atoms with Gasteiger partial charge in [-0.1, -0.05) is 39.0 Å². The van der Waals surface area contributed by atoms with Crippen molar-refractivity contribution in [1.29, 1.82) is 0 Å². The molecule has 1 rings (SSSR count). The molecule has 1 amide bonds. The Morgan fingerprint density at radius 2 is 1.74 bits per heavy atom. The molecule has 0 radical (unpaired) electrons. The van der Waals surface area contributed by atoms with Crippen LogP contribution in [0.5, 0.6) is 0 Å². The van der Waals surface area contributed by atoms with Crippen molar-refractivity contribution in [2.75, 3.05) is 33.0 Å². The minimum Gasteiger partial charge on any atom is -0.351 e. The van der Waals surface area contributed by atoms with Crippen molar-refractivity contribution in [2.45, 2.75) is 58.3 Å². The molecular weight excluding hydrogens is 240 g/mol. The van der Waals surface area contributed by atoms with Gasteiger partial charge in [0.1, 0.15) is 13.3 Å². The smallest absolute Gasteiger partial charge is 0.250 e. The van der Waals surface area contributed by atoms with Crippen molar-refractivity contribution < 1.29 is 9.53 Å². The molecule has 0 unspecified atom stereocenters. The quantitative estimate of drug-likeness (QED) is 0.554. The van der Waals surface area contributed by atoms with Crippen molar-refractivity contribution in [3.05, 3.63) is 0 Å². The van der Waals surface area contributed by atoms with Crippen molar-refractivity contribution >= 4 is 5.91 Å². The summed E-state index contributed by atoms with van der Waals surface area (Å²) in [4.78, 5) is 13.1. The lowest BCUT2D eigenvalue weighted by Crippen LogP contribution is -2.27. The molecule has 0 aliphatic carbocycles. The maximum Gasteiger partial charge on any atom is 0.250 e. The topological polar surface area (TPSA) is 41.6 Å². The van der Waals surface area contributed by atoms with Gasteiger partial charge in [0, 0.05) is 6.54 Å². The molecule has 0 spiro atoms. The average molecular weight is 270 g/mol. The van der Waals surface area contributed by atoms with E-state index < -0.39 is 0 Å². The van der Waals surface area contributed by atoms with E-state index in [0.717, 1.165) is 32.5 Å². The summed E-state index contributed by atoms with van der Waals surface area (Å²) in [6.07, 6.45) is 10.3. The second kappa shape index (κ2) is 11.2. The van der Waals surface area contributed by atoms with Gasteiger partial charge in [0.05, 0.1) is 0 Å². The van der Waals surface area contributed by atoms with Crippen LogP contribution in [-0.4, -0.2) is 43.8 Å². The number of nitrogens with zero attached hydrogens (tertiary/aromatic N) is 1. The number of ether oxygens (including phenoxy) is 1. The Labute approximate surface area is 117 Å². The summed E-state index contributed by atoms with van der Waals surface area (Å²) in [7, 11) is 0. The Hall–Kier alpha value is -0.610. The van der Waals surface area contributed by atoms with E-state index in [1.54, 1.807) is 4.90 Å². The van der Waals surface area contributed by atoms with E-state index in [2.05, 4.69) is 12.2 Å². The number of unbranched alkanes of at least 4 members (excludes halogenated alkanes) is 6. The van der Waals surface area contributed by atoms with E-state index >= 15 is 0 Å². The van der Waals surface area contributed by atoms with Crippen LogP contribution in [0, 0.1) is 0 Å². The zero-order valence-electron chi connectivity index (χ0n) is 12.5. The monoisotopic (exact) mass is 270 g/mol. The first-order valence-corrected chi connectivity index (χ1v) is 7.91. The molecule has 1 saturated heterocycles. The number of carbonyl (C=O) groups is 1. The molecule has 1 N–H and O–H groups in total. The van der Waals surface area contributed by atoms with Gasteiger partial charge in [-0.15, -0.1) is 0 Å². The lowest BCUT2D eigenvalue weighted by molar-refractivity contribution is -0.126. The molecule has 1 heterocycles. The third-order valence-electron chi connectivity index (χ3n) is 3.56. The van der Waals surface area contributed by atoms with Crippen molar-refractivity contribution in [2.24, 2.45) is 0 Å². The third kappa shape index (κ3) is 8.22. The average Bonchev–Trinajstić information content (AvgIpc) is 2.82. The fourth-order valence-electron chi connectivity index (χ4n) is 2.30. The molecule has 19 heavy (non-hydrogen) atoms. The van der Waals surface area contributed by atoms with Crippen LogP contribution in [0.25, 0.3) is 0 Å². The number of hydrogen-bond acceptors (Lipinski definition) is 3. The van der Waals surface area contributed by atoms with Gasteiger partial charge in [0.2, 0.25) is 5.91 Å². The summed E-state index contributed by atoms with van der Waals surface area (Å²) in [5.74, 6) is 0.139. The van der Waals surface area contributed by atoms with Crippen molar-refractivity contribution in [3.8, 4) is 0 Å². The van der Waals surface area contributed by atoms with Crippen LogP contribution < -0.4 is 5.32 Å². The highest BCUT2D eigenvalue weighted by molar-refractivity contribution is 5.78. The number of rotatable bonds is 12. The fraction of sp³-hybridized carbons (Fsp3) is 0.933. The Balaban J connectivity index is 1.75. The summed E-state index contributed by atoms with van der Waals surface area (Å²) in [5.41, 5.74) is 0. The standard InChI is InChI=1S/C15H30N2O2/c1-2-3-4-5-6-7-10-16-11-8-9-12-17-14-19-13-15(17)18/h16H,2-14H2,1H3. The number of carbonyl (C=O) groups excluding carboxylic acids is 1. The van der Waals surface area contributed by atoms with Gasteiger partial charge in [-0.25, -0.2) is 0 Å². The van der Waals surface area contributed by atoms with E-state index in [1.165, 1.54) is 38.5 Å². The zero-order chi connectivity index (χ0) is 13.8. The molecule has 0 atom stereocenters. The largest absolute Gasteiger partial charge is 0.351 e. The SMILES string of the molecule is CCCCCCCCNCCCCN1COCC1=O. The van der Waals surface area contributed by atoms with Crippen molar-refractivity contribution in [1.82, 2.24) is 10.2 Å². The lowest BCUT2D eigenvalue weighted by Gasteiger charge is -2.13. The Kier molecular flexibility index (Phi) is 9.72. The number of amides is 1. The third-order valence-corrected chi connectivity index (χ3v) is 3.56. The molecule has 4 heteroatoms. The van der Waals surface area contributed by atoms with Gasteiger partial charge >= 0.3 is 0 Å². The first-order chi connectivity index (χ1) is 9.34. The highest BCUT2D eigenvalue weighted by Crippen LogP contribution is 2.04. The van der Waals surface area contributed by atoms with Gasteiger partial charge < -0.3 is 15.0 Å². The molecule has 0 aromatic rings. The lowest BCUT2D eigenvalue weighted by atomic mass is 10.1. The summed E-state index contributed by atoms with van der Waals surface area (Å²) in [5, 5.41) is 3.48. The van der Waals surface area contributed by atoms with Crippen LogP contribution in [-0.2, 0) is 9.53 Å². The fourth-order valence-corrected chi connectivity index (χ4v) is 2.30. The van der Waals surface area contributed by atoms with Crippen molar-refractivity contribution in [3.63, 3.8) is 0 Å². The molecular formula is C15H30N2O2. The highest BCUT2D eigenvalue weighted by atomic mass is 16.5. The molecule has 1 fully saturated rings. The van der Waals surface area contributed by atoms with E-state index in [1.807, 2.05) is 0 Å². The van der Waals surface area contributed by atoms with Crippen LogP contribution in [0.1, 0.15) is 58.3 Å². The predicted molar refractivity (Wildman–Crippen MR) is 78.0 cm³/mol. The summed E-state index contributed by atoms with van der Waals surface area (Å²) >= 11 is 0. The first kappa shape index (κ1) is 16.4. The zero-order valence-corrected chi connectivity index (χ0v) is 12.5. The van der Waals surface area contributed by atoms with Crippen LogP contribution in [0.3, 0.4) is 0 Å². The maximum atomic E-state index is 11.3. The first-order valence-electron chi connectivity index (χ1n) is 7.91. The second-order valence-corrected chi connectivity index (χ2v) is 5.36. The molecule has 0 aromatic carbocycles. The molecule has 0 saturated carbocycles. The second-order valence-electron chi connectivity index (χ2n) is 5.36. The van der Waals surface area contributed by atoms with Crippen LogP contribution in [0.2, 0.25) is 0 Å². The Morgan fingerprint density at radius 3 is 2.42 bits per heavy atom. The number of nitrogens with one attached hydrogen (secondary N) is 1. The summed E-state index contributed by atoms with van der Waals surface area (Å²) in [6, 6.07) is 0. The minimum atomic E-state index is 0.139. The normalized spacial score (nSPS) is 15.4. The highest BCUT2D eigenvalue weighted by Gasteiger charge is 2.19. The molecule has 1 aliphatic rings. The number of hydrogen-bond donors (Lipinski definition) is 1. The summed E-state index contributed by atoms with van der Waals surface area (Å²) < 4.78 is 5.08.